The first-order valence-electron chi connectivity index (χ1n) is 8.48. The van der Waals surface area contributed by atoms with Gasteiger partial charge in [0.15, 0.2) is 0 Å². The summed E-state index contributed by atoms with van der Waals surface area (Å²) in [5, 5.41) is 12.1. The molecule has 1 saturated heterocycles. The number of nitrogens with zero attached hydrogens (tertiary/aromatic N) is 1. The molecule has 1 fully saturated rings. The zero-order valence-corrected chi connectivity index (χ0v) is 13.3. The first kappa shape index (κ1) is 15.8. The van der Waals surface area contributed by atoms with Crippen molar-refractivity contribution in [2.75, 3.05) is 19.6 Å². The number of amides is 2. The summed E-state index contributed by atoms with van der Waals surface area (Å²) in [7, 11) is 0. The number of carbonyl (C=O) groups is 2. The summed E-state index contributed by atoms with van der Waals surface area (Å²) in [6.45, 7) is 1.73. The van der Waals surface area contributed by atoms with Crippen molar-refractivity contribution in [1.82, 2.24) is 10.2 Å². The van der Waals surface area contributed by atoms with Crippen LogP contribution in [0.3, 0.4) is 0 Å². The highest BCUT2D eigenvalue weighted by Crippen LogP contribution is 2.30. The van der Waals surface area contributed by atoms with E-state index >= 15 is 0 Å². The Morgan fingerprint density at radius 1 is 1.17 bits per heavy atom. The molecule has 2 aliphatic rings. The third-order valence-corrected chi connectivity index (χ3v) is 5.12. The number of nitrogens with one attached hydrogen (secondary N) is 1. The molecule has 1 aliphatic carbocycles. The molecule has 0 spiro atoms. The smallest absolute Gasteiger partial charge is 0.317 e. The molecule has 0 saturated carbocycles. The molecule has 0 radical (unpaired) electrons. The topological polar surface area (TPSA) is 69.6 Å². The zero-order chi connectivity index (χ0) is 16.2. The van der Waals surface area contributed by atoms with E-state index in [1.807, 2.05) is 0 Å². The highest BCUT2D eigenvalue weighted by atomic mass is 16.4. The molecule has 5 heteroatoms. The first-order valence-corrected chi connectivity index (χ1v) is 8.48. The largest absolute Gasteiger partial charge is 0.481 e. The number of fused-ring (bicyclic) bond motifs is 1. The molecule has 23 heavy (non-hydrogen) atoms. The fourth-order valence-electron chi connectivity index (χ4n) is 3.72. The molecule has 1 atom stereocenters. The van der Waals surface area contributed by atoms with Crippen LogP contribution in [0.1, 0.15) is 42.7 Å². The van der Waals surface area contributed by atoms with E-state index in [1.165, 1.54) is 17.5 Å². The second kappa shape index (κ2) is 7.02. The summed E-state index contributed by atoms with van der Waals surface area (Å²) in [6, 6.07) is 8.43. The van der Waals surface area contributed by atoms with Crippen molar-refractivity contribution in [3.05, 3.63) is 35.4 Å². The number of aliphatic carboxylic acids is 1. The number of piperidine rings is 1. The van der Waals surface area contributed by atoms with Crippen LogP contribution in [0.5, 0.6) is 0 Å². The third-order valence-electron chi connectivity index (χ3n) is 5.12. The van der Waals surface area contributed by atoms with Gasteiger partial charge >= 0.3 is 12.0 Å². The van der Waals surface area contributed by atoms with Crippen LogP contribution in [0.25, 0.3) is 0 Å². The van der Waals surface area contributed by atoms with E-state index in [4.69, 9.17) is 5.11 Å². The van der Waals surface area contributed by atoms with Gasteiger partial charge in [0.25, 0.3) is 0 Å². The Kier molecular flexibility index (Phi) is 4.84. The second-order valence-electron chi connectivity index (χ2n) is 6.57. The zero-order valence-electron chi connectivity index (χ0n) is 13.3. The summed E-state index contributed by atoms with van der Waals surface area (Å²) in [6.07, 6.45) is 4.51. The highest BCUT2D eigenvalue weighted by Gasteiger charge is 2.27. The number of carbonyl (C=O) groups excluding carboxylic acids is 1. The van der Waals surface area contributed by atoms with Gasteiger partial charge in [-0.05, 0) is 43.2 Å². The summed E-state index contributed by atoms with van der Waals surface area (Å²) in [5.74, 6) is -0.659. The maximum Gasteiger partial charge on any atom is 0.317 e. The Morgan fingerprint density at radius 2 is 1.91 bits per heavy atom. The van der Waals surface area contributed by atoms with Crippen molar-refractivity contribution in [1.29, 1.82) is 0 Å². The number of rotatable bonds is 3. The number of hydrogen-bond acceptors (Lipinski definition) is 2. The minimum Gasteiger partial charge on any atom is -0.481 e. The normalized spacial score (nSPS) is 21.6. The van der Waals surface area contributed by atoms with Crippen molar-refractivity contribution in [2.24, 2.45) is 5.92 Å². The van der Waals surface area contributed by atoms with Crippen molar-refractivity contribution in [2.45, 2.75) is 38.0 Å². The van der Waals surface area contributed by atoms with Gasteiger partial charge in [0.1, 0.15) is 0 Å². The van der Waals surface area contributed by atoms with E-state index in [0.29, 0.717) is 38.4 Å². The van der Waals surface area contributed by atoms with Gasteiger partial charge in [-0.3, -0.25) is 4.79 Å². The fourth-order valence-corrected chi connectivity index (χ4v) is 3.72. The van der Waals surface area contributed by atoms with E-state index in [0.717, 1.165) is 12.8 Å². The van der Waals surface area contributed by atoms with Gasteiger partial charge in [-0.2, -0.15) is 0 Å². The molecule has 1 aromatic carbocycles. The van der Waals surface area contributed by atoms with Crippen LogP contribution in [0, 0.1) is 5.92 Å². The van der Waals surface area contributed by atoms with Gasteiger partial charge < -0.3 is 15.3 Å². The third kappa shape index (κ3) is 3.66. The molecular formula is C18H24N2O3. The van der Waals surface area contributed by atoms with Crippen molar-refractivity contribution in [3.63, 3.8) is 0 Å². The Hall–Kier alpha value is -2.04. The summed E-state index contributed by atoms with van der Waals surface area (Å²) < 4.78 is 0. The van der Waals surface area contributed by atoms with Crippen LogP contribution in [-0.4, -0.2) is 41.6 Å². The van der Waals surface area contributed by atoms with Gasteiger partial charge in [-0.1, -0.05) is 24.3 Å². The number of aryl methyl sites for hydroxylation is 1. The predicted octanol–water partition coefficient (Wildman–Crippen LogP) is 2.61. The maximum absolute atomic E-state index is 12.3. The number of urea groups is 1. The number of likely N-dealkylation sites (tertiary alicyclic amines) is 1. The molecule has 5 nitrogen and oxygen atoms in total. The summed E-state index contributed by atoms with van der Waals surface area (Å²) in [5.41, 5.74) is 2.77. The van der Waals surface area contributed by atoms with Crippen LogP contribution in [0.2, 0.25) is 0 Å². The minimum absolute atomic E-state index is 0.0584. The Labute approximate surface area is 136 Å². The van der Waals surface area contributed by atoms with Gasteiger partial charge in [0.05, 0.1) is 5.92 Å². The van der Waals surface area contributed by atoms with E-state index in [1.54, 1.807) is 4.90 Å². The predicted molar refractivity (Wildman–Crippen MR) is 87.5 cm³/mol. The Morgan fingerprint density at radius 3 is 2.65 bits per heavy atom. The van der Waals surface area contributed by atoms with E-state index in [-0.39, 0.29) is 11.9 Å². The van der Waals surface area contributed by atoms with Crippen LogP contribution < -0.4 is 5.32 Å². The fraction of sp³-hybridized carbons (Fsp3) is 0.556. The van der Waals surface area contributed by atoms with Crippen molar-refractivity contribution < 1.29 is 14.7 Å². The number of benzene rings is 1. The Balaban J connectivity index is 1.51. The first-order chi connectivity index (χ1) is 11.1. The van der Waals surface area contributed by atoms with E-state index in [2.05, 4.69) is 29.6 Å². The molecule has 0 bridgehead atoms. The van der Waals surface area contributed by atoms with E-state index in [9.17, 15) is 9.59 Å². The van der Waals surface area contributed by atoms with Crippen LogP contribution >= 0.6 is 0 Å². The molecule has 1 aliphatic heterocycles. The molecule has 2 amide bonds. The molecule has 3 rings (SSSR count). The van der Waals surface area contributed by atoms with Gasteiger partial charge in [0, 0.05) is 25.6 Å². The van der Waals surface area contributed by atoms with E-state index < -0.39 is 5.97 Å². The molecular weight excluding hydrogens is 292 g/mol. The molecule has 1 heterocycles. The number of hydrogen-bond donors (Lipinski definition) is 2. The highest BCUT2D eigenvalue weighted by molar-refractivity contribution is 5.75. The molecule has 2 N–H and O–H groups in total. The molecule has 0 aromatic heterocycles. The Bertz CT molecular complexity index is 579. The van der Waals surface area contributed by atoms with Crippen LogP contribution in [0.15, 0.2) is 24.3 Å². The molecule has 1 unspecified atom stereocenters. The summed E-state index contributed by atoms with van der Waals surface area (Å²) in [4.78, 5) is 25.0. The number of carboxylic acids is 1. The maximum atomic E-state index is 12.3. The quantitative estimate of drug-likeness (QED) is 0.900. The lowest BCUT2D eigenvalue weighted by molar-refractivity contribution is -0.143. The average molecular weight is 316 g/mol. The SMILES string of the molecule is O=C(O)C1CCN(C(=O)NCC2CCCc3ccccc32)CC1. The monoisotopic (exact) mass is 316 g/mol. The molecule has 1 aromatic rings. The lowest BCUT2D eigenvalue weighted by Crippen LogP contribution is -2.46. The van der Waals surface area contributed by atoms with Crippen molar-refractivity contribution in [3.8, 4) is 0 Å². The molecule has 124 valence electrons. The van der Waals surface area contributed by atoms with Gasteiger partial charge in [0.2, 0.25) is 0 Å². The van der Waals surface area contributed by atoms with Crippen LogP contribution in [-0.2, 0) is 11.2 Å². The lowest BCUT2D eigenvalue weighted by atomic mass is 9.83. The lowest BCUT2D eigenvalue weighted by Gasteiger charge is -2.31. The van der Waals surface area contributed by atoms with Crippen LogP contribution in [0.4, 0.5) is 4.79 Å². The van der Waals surface area contributed by atoms with Gasteiger partial charge in [-0.15, -0.1) is 0 Å². The standard InChI is InChI=1S/C18H24N2O3/c21-17(22)14-8-10-20(11-9-14)18(23)19-12-15-6-3-5-13-4-1-2-7-16(13)15/h1-2,4,7,14-15H,3,5-6,8-12H2,(H,19,23)(H,21,22). The summed E-state index contributed by atoms with van der Waals surface area (Å²) >= 11 is 0. The number of carboxylic acid groups (broad SMARTS) is 1. The minimum atomic E-state index is -0.746. The average Bonchev–Trinajstić information content (AvgIpc) is 2.59. The van der Waals surface area contributed by atoms with Gasteiger partial charge in [-0.25, -0.2) is 4.79 Å². The second-order valence-corrected chi connectivity index (χ2v) is 6.57. The van der Waals surface area contributed by atoms with Crippen molar-refractivity contribution >= 4 is 12.0 Å².